The number of thiocarbonyl (C=S) groups is 1. The minimum absolute atomic E-state index is 0.100. The van der Waals surface area contributed by atoms with Crippen molar-refractivity contribution in [2.24, 2.45) is 5.73 Å². The third-order valence-electron chi connectivity index (χ3n) is 4.22. The van der Waals surface area contributed by atoms with Crippen molar-refractivity contribution in [3.05, 3.63) is 0 Å². The van der Waals surface area contributed by atoms with Crippen molar-refractivity contribution in [2.75, 3.05) is 0 Å². The van der Waals surface area contributed by atoms with Gasteiger partial charge in [0.25, 0.3) is 0 Å². The molecule has 4 N–H and O–H groups in total. The molecule has 0 aliphatic heterocycles. The van der Waals surface area contributed by atoms with Crippen molar-refractivity contribution < 1.29 is 4.79 Å². The van der Waals surface area contributed by atoms with E-state index in [-0.39, 0.29) is 6.03 Å². The summed E-state index contributed by atoms with van der Waals surface area (Å²) in [5.41, 5.74) is 5.37. The van der Waals surface area contributed by atoms with Crippen LogP contribution in [0.1, 0.15) is 57.8 Å². The van der Waals surface area contributed by atoms with Crippen LogP contribution in [0, 0.1) is 0 Å². The molecular formula is C13H23N3OS. The summed E-state index contributed by atoms with van der Waals surface area (Å²) in [6.45, 7) is 0. The van der Waals surface area contributed by atoms with Crippen molar-refractivity contribution >= 4 is 23.2 Å². The van der Waals surface area contributed by atoms with Crippen LogP contribution in [-0.4, -0.2) is 22.6 Å². The number of hydrogen-bond donors (Lipinski definition) is 3. The Bertz CT molecular complexity index is 320. The van der Waals surface area contributed by atoms with Crippen LogP contribution in [-0.2, 0) is 0 Å². The zero-order valence-electron chi connectivity index (χ0n) is 10.8. The van der Waals surface area contributed by atoms with Gasteiger partial charge < -0.3 is 16.4 Å². The molecule has 2 rings (SSSR count). The minimum atomic E-state index is -0.436. The first-order valence-electron chi connectivity index (χ1n) is 7.01. The number of rotatable bonds is 3. The quantitative estimate of drug-likeness (QED) is 0.688. The van der Waals surface area contributed by atoms with Gasteiger partial charge in [0, 0.05) is 6.04 Å². The maximum absolute atomic E-state index is 12.0. The molecule has 0 spiro atoms. The minimum Gasteiger partial charge on any atom is -0.391 e. The molecule has 2 amide bonds. The Morgan fingerprint density at radius 2 is 1.72 bits per heavy atom. The first kappa shape index (κ1) is 13.6. The topological polar surface area (TPSA) is 67.1 Å². The normalized spacial score (nSPS) is 23.6. The Morgan fingerprint density at radius 1 is 1.11 bits per heavy atom. The number of hydrogen-bond acceptors (Lipinski definition) is 2. The third-order valence-corrected chi connectivity index (χ3v) is 4.61. The molecule has 0 aromatic heterocycles. The van der Waals surface area contributed by atoms with Crippen molar-refractivity contribution in [2.45, 2.75) is 69.4 Å². The van der Waals surface area contributed by atoms with Gasteiger partial charge in [-0.2, -0.15) is 0 Å². The average molecular weight is 269 g/mol. The monoisotopic (exact) mass is 269 g/mol. The number of carbonyl (C=O) groups excluding carboxylic acids is 1. The number of urea groups is 1. The summed E-state index contributed by atoms with van der Waals surface area (Å²) in [6, 6.07) is 0.222. The van der Waals surface area contributed by atoms with Gasteiger partial charge in [-0.05, 0) is 25.7 Å². The van der Waals surface area contributed by atoms with Crippen LogP contribution in [0.3, 0.4) is 0 Å². The maximum Gasteiger partial charge on any atom is 0.315 e. The molecule has 0 aromatic rings. The molecule has 18 heavy (non-hydrogen) atoms. The van der Waals surface area contributed by atoms with Crippen LogP contribution in [0.25, 0.3) is 0 Å². The summed E-state index contributed by atoms with van der Waals surface area (Å²) >= 11 is 5.13. The molecule has 0 saturated heterocycles. The van der Waals surface area contributed by atoms with E-state index in [0.29, 0.717) is 11.0 Å². The van der Waals surface area contributed by atoms with Crippen LogP contribution in [0.2, 0.25) is 0 Å². The molecule has 2 saturated carbocycles. The smallest absolute Gasteiger partial charge is 0.315 e. The molecule has 0 radical (unpaired) electrons. The van der Waals surface area contributed by atoms with Crippen molar-refractivity contribution in [3.63, 3.8) is 0 Å². The van der Waals surface area contributed by atoms with E-state index in [1.165, 1.54) is 19.3 Å². The highest BCUT2D eigenvalue weighted by molar-refractivity contribution is 7.80. The fourth-order valence-corrected chi connectivity index (χ4v) is 3.35. The standard InChI is InChI=1S/C13H23N3OS/c14-11(18)13(8-4-5-9-13)16-12(17)15-10-6-2-1-3-7-10/h10H,1-9H2,(H2,14,18)(H2,15,16,17). The highest BCUT2D eigenvalue weighted by atomic mass is 32.1. The van der Waals surface area contributed by atoms with Crippen LogP contribution in [0.5, 0.6) is 0 Å². The molecule has 0 unspecified atom stereocenters. The second kappa shape index (κ2) is 5.87. The molecule has 0 aromatic carbocycles. The lowest BCUT2D eigenvalue weighted by atomic mass is 9.95. The molecule has 0 heterocycles. The number of carbonyl (C=O) groups is 1. The van der Waals surface area contributed by atoms with Gasteiger partial charge in [-0.3, -0.25) is 0 Å². The van der Waals surface area contributed by atoms with Crippen molar-refractivity contribution in [3.8, 4) is 0 Å². The van der Waals surface area contributed by atoms with Crippen LogP contribution in [0.15, 0.2) is 0 Å². The van der Waals surface area contributed by atoms with E-state index in [2.05, 4.69) is 10.6 Å². The summed E-state index contributed by atoms with van der Waals surface area (Å²) in [7, 11) is 0. The SMILES string of the molecule is NC(=S)C1(NC(=O)NC2CCCCC2)CCCC1. The van der Waals surface area contributed by atoms with Crippen LogP contribution < -0.4 is 16.4 Å². The van der Waals surface area contributed by atoms with Gasteiger partial charge >= 0.3 is 6.03 Å². The lowest BCUT2D eigenvalue weighted by Gasteiger charge is -2.31. The number of nitrogens with two attached hydrogens (primary N) is 1. The van der Waals surface area contributed by atoms with Gasteiger partial charge in [0.1, 0.15) is 0 Å². The Hall–Kier alpha value is -0.840. The molecule has 2 fully saturated rings. The first-order chi connectivity index (χ1) is 8.62. The lowest BCUT2D eigenvalue weighted by molar-refractivity contribution is 0.225. The highest BCUT2D eigenvalue weighted by Gasteiger charge is 2.38. The van der Waals surface area contributed by atoms with Gasteiger partial charge in [0.15, 0.2) is 0 Å². The van der Waals surface area contributed by atoms with E-state index in [1.54, 1.807) is 0 Å². The van der Waals surface area contributed by atoms with E-state index in [1.807, 2.05) is 0 Å². The summed E-state index contributed by atoms with van der Waals surface area (Å²) < 4.78 is 0. The summed E-state index contributed by atoms with van der Waals surface area (Å²) in [6.07, 6.45) is 9.82. The molecule has 0 bridgehead atoms. The molecule has 5 heteroatoms. The van der Waals surface area contributed by atoms with E-state index in [9.17, 15) is 4.79 Å². The molecule has 102 valence electrons. The van der Waals surface area contributed by atoms with Crippen LogP contribution in [0.4, 0.5) is 4.79 Å². The van der Waals surface area contributed by atoms with E-state index >= 15 is 0 Å². The fraction of sp³-hybridized carbons (Fsp3) is 0.846. The average Bonchev–Trinajstić information content (AvgIpc) is 2.80. The summed E-state index contributed by atoms with van der Waals surface area (Å²) in [5, 5.41) is 6.08. The van der Waals surface area contributed by atoms with Crippen molar-refractivity contribution in [1.82, 2.24) is 10.6 Å². The Balaban J connectivity index is 1.87. The molecular weight excluding hydrogens is 246 g/mol. The second-order valence-electron chi connectivity index (χ2n) is 5.59. The second-order valence-corrected chi connectivity index (χ2v) is 6.03. The fourth-order valence-electron chi connectivity index (χ4n) is 3.10. The van der Waals surface area contributed by atoms with Crippen molar-refractivity contribution in [1.29, 1.82) is 0 Å². The summed E-state index contributed by atoms with van der Waals surface area (Å²) in [5.74, 6) is 0. The van der Waals surface area contributed by atoms with Gasteiger partial charge in [0.05, 0.1) is 10.5 Å². The Kier molecular flexibility index (Phi) is 4.43. The zero-order valence-corrected chi connectivity index (χ0v) is 11.7. The Labute approximate surface area is 114 Å². The first-order valence-corrected chi connectivity index (χ1v) is 7.42. The third kappa shape index (κ3) is 3.13. The zero-order chi connectivity index (χ0) is 13.0. The van der Waals surface area contributed by atoms with Gasteiger partial charge in [-0.25, -0.2) is 4.79 Å². The summed E-state index contributed by atoms with van der Waals surface area (Å²) in [4.78, 5) is 12.5. The lowest BCUT2D eigenvalue weighted by Crippen LogP contribution is -2.58. The largest absolute Gasteiger partial charge is 0.391 e. The van der Waals surface area contributed by atoms with Gasteiger partial charge in [-0.15, -0.1) is 0 Å². The number of nitrogens with one attached hydrogen (secondary N) is 2. The Morgan fingerprint density at radius 3 is 2.28 bits per heavy atom. The van der Waals surface area contributed by atoms with Gasteiger partial charge in [0.2, 0.25) is 0 Å². The predicted octanol–water partition coefficient (Wildman–Crippen LogP) is 2.22. The highest BCUT2D eigenvalue weighted by Crippen LogP contribution is 2.30. The van der Waals surface area contributed by atoms with Gasteiger partial charge in [-0.1, -0.05) is 44.3 Å². The van der Waals surface area contributed by atoms with E-state index in [0.717, 1.165) is 38.5 Å². The van der Waals surface area contributed by atoms with E-state index < -0.39 is 5.54 Å². The molecule has 2 aliphatic rings. The molecule has 0 atom stereocenters. The predicted molar refractivity (Wildman–Crippen MR) is 76.5 cm³/mol. The number of amides is 2. The maximum atomic E-state index is 12.0. The van der Waals surface area contributed by atoms with E-state index in [4.69, 9.17) is 18.0 Å². The molecule has 2 aliphatic carbocycles. The molecule has 4 nitrogen and oxygen atoms in total. The van der Waals surface area contributed by atoms with Crippen LogP contribution >= 0.6 is 12.2 Å².